The molecule has 0 unspecified atom stereocenters. The fraction of sp³-hybridized carbons (Fsp3) is 0.240. The lowest BCUT2D eigenvalue weighted by Gasteiger charge is -2.13. The molecule has 0 radical (unpaired) electrons. The number of carbonyl (C=O) groups is 1. The molecule has 2 N–H and O–H groups in total. The fourth-order valence-corrected chi connectivity index (χ4v) is 4.20. The standard InChI is InChI=1S/C25H28N2O5S/c1-3-31-23-15-10-20(18-24(23)32-4-2)25(28)27-21-11-13-22(14-12-21)33(29,30)26-17-16-19-8-6-5-7-9-19/h5-15,18,26H,3-4,16-17H2,1-2H3,(H,27,28). The molecule has 174 valence electrons. The smallest absolute Gasteiger partial charge is 0.255 e. The van der Waals surface area contributed by atoms with Gasteiger partial charge in [0.25, 0.3) is 5.91 Å². The summed E-state index contributed by atoms with van der Waals surface area (Å²) in [6.07, 6.45) is 0.597. The van der Waals surface area contributed by atoms with E-state index in [1.807, 2.05) is 44.2 Å². The minimum Gasteiger partial charge on any atom is -0.490 e. The van der Waals surface area contributed by atoms with Crippen LogP contribution in [0.2, 0.25) is 0 Å². The Bertz CT molecular complexity index is 1160. The topological polar surface area (TPSA) is 93.7 Å². The van der Waals surface area contributed by atoms with Crippen molar-refractivity contribution in [3.8, 4) is 11.5 Å². The molecular formula is C25H28N2O5S. The van der Waals surface area contributed by atoms with Crippen LogP contribution in [0.25, 0.3) is 0 Å². The van der Waals surface area contributed by atoms with Crippen LogP contribution in [0.1, 0.15) is 29.8 Å². The molecule has 0 saturated heterocycles. The first-order chi connectivity index (χ1) is 15.9. The van der Waals surface area contributed by atoms with Gasteiger partial charge in [0, 0.05) is 17.8 Å². The summed E-state index contributed by atoms with van der Waals surface area (Å²) in [7, 11) is -3.64. The molecule has 0 heterocycles. The van der Waals surface area contributed by atoms with E-state index in [4.69, 9.17) is 9.47 Å². The molecule has 3 rings (SSSR count). The molecule has 0 bridgehead atoms. The molecule has 33 heavy (non-hydrogen) atoms. The summed E-state index contributed by atoms with van der Waals surface area (Å²) in [5.41, 5.74) is 1.94. The third-order valence-electron chi connectivity index (χ3n) is 4.78. The van der Waals surface area contributed by atoms with Crippen molar-refractivity contribution in [2.24, 2.45) is 0 Å². The molecule has 0 aliphatic rings. The zero-order valence-electron chi connectivity index (χ0n) is 18.7. The molecule has 0 spiro atoms. The number of sulfonamides is 1. The van der Waals surface area contributed by atoms with Gasteiger partial charge in [0.15, 0.2) is 11.5 Å². The molecule has 7 nitrogen and oxygen atoms in total. The van der Waals surface area contributed by atoms with Crippen molar-refractivity contribution in [1.29, 1.82) is 0 Å². The van der Waals surface area contributed by atoms with E-state index in [0.717, 1.165) is 5.56 Å². The maximum Gasteiger partial charge on any atom is 0.255 e. The van der Waals surface area contributed by atoms with Gasteiger partial charge in [0.2, 0.25) is 10.0 Å². The van der Waals surface area contributed by atoms with Gasteiger partial charge in [0.05, 0.1) is 18.1 Å². The summed E-state index contributed by atoms with van der Waals surface area (Å²) in [6, 6.07) is 20.7. The molecule has 8 heteroatoms. The van der Waals surface area contributed by atoms with E-state index >= 15 is 0 Å². The van der Waals surface area contributed by atoms with E-state index in [-0.39, 0.29) is 10.8 Å². The van der Waals surface area contributed by atoms with Crippen molar-refractivity contribution in [2.45, 2.75) is 25.2 Å². The summed E-state index contributed by atoms with van der Waals surface area (Å²) in [4.78, 5) is 12.8. The quantitative estimate of drug-likeness (QED) is 0.439. The number of hydrogen-bond donors (Lipinski definition) is 2. The van der Waals surface area contributed by atoms with Crippen molar-refractivity contribution >= 4 is 21.6 Å². The van der Waals surface area contributed by atoms with Crippen LogP contribution in [0.3, 0.4) is 0 Å². The van der Waals surface area contributed by atoms with Crippen LogP contribution >= 0.6 is 0 Å². The maximum atomic E-state index is 12.7. The third-order valence-corrected chi connectivity index (χ3v) is 6.25. The third kappa shape index (κ3) is 6.81. The molecule has 0 fully saturated rings. The zero-order valence-corrected chi connectivity index (χ0v) is 19.5. The molecule has 0 saturated carbocycles. The fourth-order valence-electron chi connectivity index (χ4n) is 3.17. The Morgan fingerprint density at radius 1 is 0.848 bits per heavy atom. The molecule has 3 aromatic carbocycles. The van der Waals surface area contributed by atoms with Crippen molar-refractivity contribution in [1.82, 2.24) is 4.72 Å². The lowest BCUT2D eigenvalue weighted by molar-refractivity contribution is 0.102. The van der Waals surface area contributed by atoms with E-state index in [1.54, 1.807) is 30.3 Å². The van der Waals surface area contributed by atoms with E-state index in [0.29, 0.717) is 48.9 Å². The average Bonchev–Trinajstić information content (AvgIpc) is 2.81. The second kappa shape index (κ2) is 11.5. The van der Waals surface area contributed by atoms with Gasteiger partial charge >= 0.3 is 0 Å². The van der Waals surface area contributed by atoms with Crippen molar-refractivity contribution in [3.05, 3.63) is 83.9 Å². The van der Waals surface area contributed by atoms with E-state index in [1.165, 1.54) is 12.1 Å². The first-order valence-electron chi connectivity index (χ1n) is 10.8. The summed E-state index contributed by atoms with van der Waals surface area (Å²) >= 11 is 0. The summed E-state index contributed by atoms with van der Waals surface area (Å²) < 4.78 is 38.8. The minimum absolute atomic E-state index is 0.133. The van der Waals surface area contributed by atoms with Crippen molar-refractivity contribution in [3.63, 3.8) is 0 Å². The van der Waals surface area contributed by atoms with Gasteiger partial charge in [-0.15, -0.1) is 0 Å². The number of hydrogen-bond acceptors (Lipinski definition) is 5. The first kappa shape index (κ1) is 24.3. The lowest BCUT2D eigenvalue weighted by Crippen LogP contribution is -2.26. The van der Waals surface area contributed by atoms with Crippen LogP contribution in [0, 0.1) is 0 Å². The van der Waals surface area contributed by atoms with E-state index in [2.05, 4.69) is 10.0 Å². The van der Waals surface area contributed by atoms with Gasteiger partial charge in [-0.1, -0.05) is 30.3 Å². The molecular weight excluding hydrogens is 440 g/mol. The van der Waals surface area contributed by atoms with Crippen molar-refractivity contribution < 1.29 is 22.7 Å². The molecule has 0 aliphatic heterocycles. The van der Waals surface area contributed by atoms with Crippen LogP contribution in [0.15, 0.2) is 77.7 Å². The second-order valence-electron chi connectivity index (χ2n) is 7.14. The number of rotatable bonds is 11. The molecule has 3 aromatic rings. The Morgan fingerprint density at radius 3 is 2.18 bits per heavy atom. The number of anilines is 1. The van der Waals surface area contributed by atoms with Crippen LogP contribution in [0.5, 0.6) is 11.5 Å². The first-order valence-corrected chi connectivity index (χ1v) is 12.3. The van der Waals surface area contributed by atoms with Gasteiger partial charge in [-0.2, -0.15) is 0 Å². The lowest BCUT2D eigenvalue weighted by atomic mass is 10.2. The Morgan fingerprint density at radius 2 is 1.52 bits per heavy atom. The van der Waals surface area contributed by atoms with Gasteiger partial charge in [-0.25, -0.2) is 13.1 Å². The Labute approximate surface area is 194 Å². The Hall–Kier alpha value is -3.36. The Balaban J connectivity index is 1.62. The molecule has 0 aromatic heterocycles. The zero-order chi connectivity index (χ0) is 23.7. The summed E-state index contributed by atoms with van der Waals surface area (Å²) in [5.74, 6) is 0.732. The highest BCUT2D eigenvalue weighted by molar-refractivity contribution is 7.89. The van der Waals surface area contributed by atoms with E-state index < -0.39 is 10.0 Å². The van der Waals surface area contributed by atoms with Crippen molar-refractivity contribution in [2.75, 3.05) is 25.1 Å². The van der Waals surface area contributed by atoms with E-state index in [9.17, 15) is 13.2 Å². The monoisotopic (exact) mass is 468 g/mol. The average molecular weight is 469 g/mol. The normalized spacial score (nSPS) is 11.1. The number of carbonyl (C=O) groups excluding carboxylic acids is 1. The SMILES string of the molecule is CCOc1ccc(C(=O)Nc2ccc(S(=O)(=O)NCCc3ccccc3)cc2)cc1OCC. The van der Waals surface area contributed by atoms with Crippen LogP contribution in [0.4, 0.5) is 5.69 Å². The molecule has 0 atom stereocenters. The summed E-state index contributed by atoms with van der Waals surface area (Å²) in [6.45, 7) is 4.96. The number of nitrogens with one attached hydrogen (secondary N) is 2. The number of benzene rings is 3. The van der Waals surface area contributed by atoms with Crippen LogP contribution < -0.4 is 19.5 Å². The second-order valence-corrected chi connectivity index (χ2v) is 8.91. The Kier molecular flexibility index (Phi) is 8.46. The highest BCUT2D eigenvalue weighted by Gasteiger charge is 2.15. The largest absolute Gasteiger partial charge is 0.490 e. The predicted octanol–water partition coefficient (Wildman–Crippen LogP) is 4.26. The molecule has 1 amide bonds. The van der Waals surface area contributed by atoms with Crippen LogP contribution in [-0.4, -0.2) is 34.1 Å². The minimum atomic E-state index is -3.64. The number of amides is 1. The van der Waals surface area contributed by atoms with Crippen LogP contribution in [-0.2, 0) is 16.4 Å². The highest BCUT2D eigenvalue weighted by atomic mass is 32.2. The predicted molar refractivity (Wildman–Crippen MR) is 129 cm³/mol. The highest BCUT2D eigenvalue weighted by Crippen LogP contribution is 2.29. The van der Waals surface area contributed by atoms with Gasteiger partial charge in [-0.3, -0.25) is 4.79 Å². The van der Waals surface area contributed by atoms with Gasteiger partial charge in [-0.05, 0) is 68.3 Å². The summed E-state index contributed by atoms with van der Waals surface area (Å²) in [5, 5.41) is 2.77. The van der Waals surface area contributed by atoms with Gasteiger partial charge in [0.1, 0.15) is 0 Å². The maximum absolute atomic E-state index is 12.7. The molecule has 0 aliphatic carbocycles. The number of ether oxygens (including phenoxy) is 2. The van der Waals surface area contributed by atoms with Gasteiger partial charge < -0.3 is 14.8 Å².